The minimum atomic E-state index is -0.0470. The SMILES string of the molecule is CCN(CC)CCN(Cc1cc2cc(C)cc(C)c2[nH]c1=O)C(=S)NCC1CCCO1. The van der Waals surface area contributed by atoms with Gasteiger partial charge in [-0.25, -0.2) is 0 Å². The summed E-state index contributed by atoms with van der Waals surface area (Å²) >= 11 is 5.74. The van der Waals surface area contributed by atoms with Gasteiger partial charge in [-0.15, -0.1) is 0 Å². The molecule has 170 valence electrons. The molecule has 1 saturated heterocycles. The molecule has 0 radical (unpaired) electrons. The number of aryl methyl sites for hydroxylation is 2. The van der Waals surface area contributed by atoms with Crippen molar-refractivity contribution >= 4 is 28.2 Å². The lowest BCUT2D eigenvalue weighted by Gasteiger charge is -2.29. The highest BCUT2D eigenvalue weighted by Crippen LogP contribution is 2.19. The Hall–Kier alpha value is -1.96. The lowest BCUT2D eigenvalue weighted by atomic mass is 10.1. The van der Waals surface area contributed by atoms with Gasteiger partial charge in [0.2, 0.25) is 0 Å². The molecule has 1 atom stereocenters. The highest BCUT2D eigenvalue weighted by atomic mass is 32.1. The Kier molecular flexibility index (Phi) is 8.46. The van der Waals surface area contributed by atoms with Crippen LogP contribution in [0.15, 0.2) is 23.0 Å². The number of benzene rings is 1. The zero-order chi connectivity index (χ0) is 22.4. The van der Waals surface area contributed by atoms with E-state index in [-0.39, 0.29) is 11.7 Å². The van der Waals surface area contributed by atoms with Crippen LogP contribution in [0.5, 0.6) is 0 Å². The van der Waals surface area contributed by atoms with Gasteiger partial charge in [-0.1, -0.05) is 25.5 Å². The molecule has 0 amide bonds. The molecule has 31 heavy (non-hydrogen) atoms. The smallest absolute Gasteiger partial charge is 0.253 e. The van der Waals surface area contributed by atoms with Crippen LogP contribution in [0.2, 0.25) is 0 Å². The second kappa shape index (κ2) is 11.1. The monoisotopic (exact) mass is 444 g/mol. The molecule has 6 nitrogen and oxygen atoms in total. The molecule has 1 unspecified atom stereocenters. The maximum Gasteiger partial charge on any atom is 0.253 e. The molecule has 2 N–H and O–H groups in total. The summed E-state index contributed by atoms with van der Waals surface area (Å²) in [6.45, 7) is 14.1. The average Bonchev–Trinajstić information content (AvgIpc) is 3.26. The average molecular weight is 445 g/mol. The summed E-state index contributed by atoms with van der Waals surface area (Å²) in [5.74, 6) is 0. The van der Waals surface area contributed by atoms with E-state index in [0.717, 1.165) is 67.7 Å². The fourth-order valence-electron chi connectivity index (χ4n) is 4.23. The topological polar surface area (TPSA) is 60.6 Å². The van der Waals surface area contributed by atoms with Crippen LogP contribution in [0.1, 0.15) is 43.4 Å². The van der Waals surface area contributed by atoms with Gasteiger partial charge in [-0.05, 0) is 75.1 Å². The van der Waals surface area contributed by atoms with Crippen molar-refractivity contribution in [2.45, 2.75) is 53.2 Å². The zero-order valence-electron chi connectivity index (χ0n) is 19.3. The highest BCUT2D eigenvalue weighted by molar-refractivity contribution is 7.80. The Morgan fingerprint density at radius 3 is 2.68 bits per heavy atom. The summed E-state index contributed by atoms with van der Waals surface area (Å²) in [5, 5.41) is 5.13. The minimum Gasteiger partial charge on any atom is -0.376 e. The van der Waals surface area contributed by atoms with Crippen molar-refractivity contribution in [3.05, 3.63) is 45.2 Å². The molecule has 0 bridgehead atoms. The molecule has 1 aliphatic heterocycles. The van der Waals surface area contributed by atoms with Crippen molar-refractivity contribution in [2.24, 2.45) is 0 Å². The Bertz CT molecular complexity index is 948. The van der Waals surface area contributed by atoms with E-state index in [4.69, 9.17) is 17.0 Å². The minimum absolute atomic E-state index is 0.0470. The molecule has 1 aliphatic rings. The first-order valence-corrected chi connectivity index (χ1v) is 11.8. The number of rotatable bonds is 9. The maximum absolute atomic E-state index is 12.9. The number of aromatic nitrogens is 1. The maximum atomic E-state index is 12.9. The van der Waals surface area contributed by atoms with Gasteiger partial charge in [0.15, 0.2) is 5.11 Å². The third-order valence-electron chi connectivity index (χ3n) is 6.10. The van der Waals surface area contributed by atoms with Crippen molar-refractivity contribution in [1.82, 2.24) is 20.1 Å². The van der Waals surface area contributed by atoms with Gasteiger partial charge in [0.1, 0.15) is 0 Å². The number of nitrogens with one attached hydrogen (secondary N) is 2. The number of likely N-dealkylation sites (N-methyl/N-ethyl adjacent to an activating group) is 1. The van der Waals surface area contributed by atoms with E-state index in [1.807, 2.05) is 13.0 Å². The number of ether oxygens (including phenoxy) is 1. The number of hydrogen-bond acceptors (Lipinski definition) is 4. The number of aromatic amines is 1. The van der Waals surface area contributed by atoms with Crippen molar-refractivity contribution in [2.75, 3.05) is 39.3 Å². The molecule has 0 saturated carbocycles. The van der Waals surface area contributed by atoms with Gasteiger partial charge in [0.25, 0.3) is 5.56 Å². The Morgan fingerprint density at radius 2 is 2.00 bits per heavy atom. The number of hydrogen-bond donors (Lipinski definition) is 2. The number of H-pyrrole nitrogens is 1. The third kappa shape index (κ3) is 6.28. The lowest BCUT2D eigenvalue weighted by molar-refractivity contribution is 0.113. The molecule has 3 rings (SSSR count). The van der Waals surface area contributed by atoms with Crippen molar-refractivity contribution in [3.63, 3.8) is 0 Å². The predicted molar refractivity (Wildman–Crippen MR) is 132 cm³/mol. The molecular formula is C24H36N4O2S. The molecular weight excluding hydrogens is 408 g/mol. The number of nitrogens with zero attached hydrogens (tertiary/aromatic N) is 2. The molecule has 1 fully saturated rings. The van der Waals surface area contributed by atoms with Crippen LogP contribution in [0, 0.1) is 13.8 Å². The van der Waals surface area contributed by atoms with Crippen molar-refractivity contribution in [1.29, 1.82) is 0 Å². The quantitative estimate of drug-likeness (QED) is 0.579. The first-order valence-electron chi connectivity index (χ1n) is 11.4. The normalized spacial score (nSPS) is 16.2. The Labute approximate surface area is 191 Å². The van der Waals surface area contributed by atoms with Gasteiger partial charge in [-0.2, -0.15) is 0 Å². The van der Waals surface area contributed by atoms with E-state index in [2.05, 4.69) is 53.0 Å². The van der Waals surface area contributed by atoms with Crippen LogP contribution in [-0.2, 0) is 11.3 Å². The van der Waals surface area contributed by atoms with Gasteiger partial charge < -0.3 is 24.8 Å². The van der Waals surface area contributed by atoms with Crippen LogP contribution in [0.3, 0.4) is 0 Å². The van der Waals surface area contributed by atoms with E-state index in [0.29, 0.717) is 18.2 Å². The second-order valence-electron chi connectivity index (χ2n) is 8.44. The van der Waals surface area contributed by atoms with E-state index < -0.39 is 0 Å². The molecule has 2 aromatic rings. The van der Waals surface area contributed by atoms with Crippen LogP contribution < -0.4 is 10.9 Å². The van der Waals surface area contributed by atoms with Crippen LogP contribution in [0.4, 0.5) is 0 Å². The van der Waals surface area contributed by atoms with Crippen LogP contribution in [0.25, 0.3) is 10.9 Å². The fourth-order valence-corrected chi connectivity index (χ4v) is 4.47. The molecule has 7 heteroatoms. The lowest BCUT2D eigenvalue weighted by Crippen LogP contribution is -2.46. The van der Waals surface area contributed by atoms with Crippen LogP contribution in [-0.4, -0.2) is 65.3 Å². The van der Waals surface area contributed by atoms with Crippen LogP contribution >= 0.6 is 12.2 Å². The molecule has 1 aromatic heterocycles. The Morgan fingerprint density at radius 1 is 1.23 bits per heavy atom. The van der Waals surface area contributed by atoms with Gasteiger partial charge >= 0.3 is 0 Å². The second-order valence-corrected chi connectivity index (χ2v) is 8.83. The zero-order valence-corrected chi connectivity index (χ0v) is 20.1. The van der Waals surface area contributed by atoms with Crippen molar-refractivity contribution < 1.29 is 4.74 Å². The van der Waals surface area contributed by atoms with Crippen molar-refractivity contribution in [3.8, 4) is 0 Å². The summed E-state index contributed by atoms with van der Waals surface area (Å²) in [5.41, 5.74) is 3.88. The standard InChI is InChI=1S/C24H36N4O2S/c1-5-27(6-2)9-10-28(24(31)25-15-21-8-7-11-30-21)16-20-14-19-13-17(3)12-18(4)22(19)26-23(20)29/h12-14,21H,5-11,15-16H2,1-4H3,(H,25,31)(H,26,29). The third-order valence-corrected chi connectivity index (χ3v) is 6.51. The molecule has 0 spiro atoms. The molecule has 1 aromatic carbocycles. The Balaban J connectivity index is 1.79. The van der Waals surface area contributed by atoms with E-state index in [1.165, 1.54) is 5.56 Å². The van der Waals surface area contributed by atoms with Gasteiger partial charge in [-0.3, -0.25) is 4.79 Å². The summed E-state index contributed by atoms with van der Waals surface area (Å²) in [7, 11) is 0. The first kappa shape index (κ1) is 23.7. The summed E-state index contributed by atoms with van der Waals surface area (Å²) in [4.78, 5) is 20.4. The number of thiocarbonyl (C=S) groups is 1. The van der Waals surface area contributed by atoms with Gasteiger partial charge in [0.05, 0.1) is 18.2 Å². The summed E-state index contributed by atoms with van der Waals surface area (Å²) < 4.78 is 5.72. The van der Waals surface area contributed by atoms with E-state index in [1.54, 1.807) is 0 Å². The largest absolute Gasteiger partial charge is 0.376 e. The highest BCUT2D eigenvalue weighted by Gasteiger charge is 2.19. The molecule has 2 heterocycles. The predicted octanol–water partition coefficient (Wildman–Crippen LogP) is 3.34. The number of pyridine rings is 1. The first-order chi connectivity index (χ1) is 14.9. The van der Waals surface area contributed by atoms with Gasteiger partial charge in [0, 0.05) is 31.8 Å². The van der Waals surface area contributed by atoms with E-state index in [9.17, 15) is 4.79 Å². The summed E-state index contributed by atoms with van der Waals surface area (Å²) in [6, 6.07) is 6.23. The summed E-state index contributed by atoms with van der Waals surface area (Å²) in [6.07, 6.45) is 2.39. The number of fused-ring (bicyclic) bond motifs is 1. The van der Waals surface area contributed by atoms with E-state index >= 15 is 0 Å². The molecule has 0 aliphatic carbocycles. The fraction of sp³-hybridized carbons (Fsp3) is 0.583.